The summed E-state index contributed by atoms with van der Waals surface area (Å²) in [5.74, 6) is 2.24. The molecule has 0 spiro atoms. The molecule has 1 aliphatic rings. The maximum Gasteiger partial charge on any atom is 0.253 e. The van der Waals surface area contributed by atoms with Crippen molar-refractivity contribution in [3.63, 3.8) is 0 Å². The van der Waals surface area contributed by atoms with Crippen molar-refractivity contribution in [1.29, 1.82) is 0 Å². The second-order valence-corrected chi connectivity index (χ2v) is 8.73. The van der Waals surface area contributed by atoms with Crippen molar-refractivity contribution < 1.29 is 9.53 Å². The summed E-state index contributed by atoms with van der Waals surface area (Å²) in [6.07, 6.45) is 2.89. The van der Waals surface area contributed by atoms with E-state index in [9.17, 15) is 4.79 Å². The molecule has 7 heteroatoms. The van der Waals surface area contributed by atoms with Gasteiger partial charge in [-0.05, 0) is 30.5 Å². The van der Waals surface area contributed by atoms with Gasteiger partial charge in [-0.25, -0.2) is 9.50 Å². The van der Waals surface area contributed by atoms with Crippen LogP contribution >= 0.6 is 11.8 Å². The Hall–Kier alpha value is -3.19. The summed E-state index contributed by atoms with van der Waals surface area (Å²) in [5.41, 5.74) is 4.92. The van der Waals surface area contributed by atoms with Crippen molar-refractivity contribution in [2.45, 2.75) is 36.6 Å². The van der Waals surface area contributed by atoms with Crippen molar-refractivity contribution in [2.24, 2.45) is 0 Å². The van der Waals surface area contributed by atoms with Gasteiger partial charge in [-0.1, -0.05) is 59.8 Å². The monoisotopic (exact) mass is 430 g/mol. The molecular formula is C24H22N4O2S. The molecule has 0 bridgehead atoms. The molecule has 0 aliphatic heterocycles. The summed E-state index contributed by atoms with van der Waals surface area (Å²) in [5, 5.41) is 5.19. The maximum atomic E-state index is 12.9. The van der Waals surface area contributed by atoms with Crippen molar-refractivity contribution in [3.05, 3.63) is 82.7 Å². The number of carbonyl (C=O) groups is 1. The van der Waals surface area contributed by atoms with Crippen LogP contribution in [0.25, 0.3) is 5.78 Å². The predicted molar refractivity (Wildman–Crippen MR) is 120 cm³/mol. The zero-order valence-corrected chi connectivity index (χ0v) is 18.2. The highest BCUT2D eigenvalue weighted by Gasteiger charge is 2.30. The van der Waals surface area contributed by atoms with E-state index in [2.05, 4.69) is 41.3 Å². The lowest BCUT2D eigenvalue weighted by molar-refractivity contribution is 0.0962. The number of rotatable bonds is 5. The third-order valence-corrected chi connectivity index (χ3v) is 6.50. The Morgan fingerprint density at radius 2 is 2.00 bits per heavy atom. The molecule has 0 N–H and O–H groups in total. The topological polar surface area (TPSA) is 69.4 Å². The number of thioether (sulfide) groups is 1. The van der Waals surface area contributed by atoms with Crippen LogP contribution in [0.1, 0.15) is 45.1 Å². The van der Waals surface area contributed by atoms with Gasteiger partial charge in [0.05, 0.1) is 18.4 Å². The number of Topliss-reactive ketones (excluding diaryl/α,β-unsaturated/α-hetero) is 1. The number of hydrogen-bond acceptors (Lipinski definition) is 6. The molecule has 1 atom stereocenters. The molecule has 156 valence electrons. The van der Waals surface area contributed by atoms with Gasteiger partial charge in [0, 0.05) is 24.3 Å². The number of methoxy groups -OCH3 is 1. The summed E-state index contributed by atoms with van der Waals surface area (Å²) in [7, 11) is 1.66. The zero-order valence-electron chi connectivity index (χ0n) is 17.4. The number of aryl methyl sites for hydroxylation is 1. The van der Waals surface area contributed by atoms with E-state index in [0.717, 1.165) is 22.8 Å². The van der Waals surface area contributed by atoms with E-state index in [1.54, 1.807) is 29.6 Å². The molecule has 0 saturated heterocycles. The van der Waals surface area contributed by atoms with E-state index in [4.69, 9.17) is 9.72 Å². The standard InChI is InChI=1S/C24H22N4O2S/c1-15-6-5-7-16(10-15)14-31-24-26-23-25-20-11-17(18-8-3-4-9-22(18)30-2)12-21(29)19(20)13-28(23)27-24/h3-10,13,17H,11-12,14H2,1-2H3/t17-/m0/s1. The third kappa shape index (κ3) is 3.93. The minimum Gasteiger partial charge on any atom is -0.496 e. The number of carbonyl (C=O) groups excluding carboxylic acids is 1. The number of para-hydroxylation sites is 1. The number of hydrogen-bond donors (Lipinski definition) is 0. The first-order chi connectivity index (χ1) is 15.1. The molecule has 31 heavy (non-hydrogen) atoms. The Morgan fingerprint density at radius 3 is 2.84 bits per heavy atom. The Balaban J connectivity index is 1.42. The molecule has 2 heterocycles. The highest BCUT2D eigenvalue weighted by Crippen LogP contribution is 2.36. The van der Waals surface area contributed by atoms with Crippen LogP contribution in [-0.4, -0.2) is 32.5 Å². The quantitative estimate of drug-likeness (QED) is 0.430. The van der Waals surface area contributed by atoms with Crippen LogP contribution in [0.5, 0.6) is 5.75 Å². The molecule has 1 aliphatic carbocycles. The Bertz CT molecular complexity index is 1280. The number of aromatic nitrogens is 4. The molecule has 5 rings (SSSR count). The normalized spacial score (nSPS) is 15.8. The molecule has 4 aromatic rings. The van der Waals surface area contributed by atoms with E-state index in [-0.39, 0.29) is 11.7 Å². The summed E-state index contributed by atoms with van der Waals surface area (Å²) >= 11 is 1.57. The fourth-order valence-electron chi connectivity index (χ4n) is 4.10. The summed E-state index contributed by atoms with van der Waals surface area (Å²) < 4.78 is 7.13. The van der Waals surface area contributed by atoms with Gasteiger partial charge in [0.15, 0.2) is 5.78 Å². The summed E-state index contributed by atoms with van der Waals surface area (Å²) in [6, 6.07) is 16.3. The van der Waals surface area contributed by atoms with Gasteiger partial charge in [0.25, 0.3) is 5.78 Å². The first kappa shape index (κ1) is 19.8. The number of ether oxygens (including phenoxy) is 1. The van der Waals surface area contributed by atoms with E-state index < -0.39 is 0 Å². The first-order valence-corrected chi connectivity index (χ1v) is 11.2. The van der Waals surface area contributed by atoms with E-state index >= 15 is 0 Å². The number of ketones is 1. The highest BCUT2D eigenvalue weighted by molar-refractivity contribution is 7.98. The molecular weight excluding hydrogens is 408 g/mol. The van der Waals surface area contributed by atoms with Gasteiger partial charge in [-0.15, -0.1) is 5.10 Å². The van der Waals surface area contributed by atoms with Crippen LogP contribution in [0.3, 0.4) is 0 Å². The Kier molecular flexibility index (Phi) is 5.19. The highest BCUT2D eigenvalue weighted by atomic mass is 32.2. The van der Waals surface area contributed by atoms with Crippen LogP contribution < -0.4 is 4.74 Å². The number of nitrogens with zero attached hydrogens (tertiary/aromatic N) is 4. The SMILES string of the molecule is COc1ccccc1[C@@H]1CC(=O)c2cn3nc(SCc4cccc(C)c4)nc3nc2C1. The fourth-order valence-corrected chi connectivity index (χ4v) is 4.87. The zero-order chi connectivity index (χ0) is 21.4. The molecule has 0 saturated carbocycles. The Labute approximate surface area is 184 Å². The molecule has 6 nitrogen and oxygen atoms in total. The van der Waals surface area contributed by atoms with E-state index in [0.29, 0.717) is 29.3 Å². The van der Waals surface area contributed by atoms with E-state index in [1.165, 1.54) is 11.1 Å². The van der Waals surface area contributed by atoms with Gasteiger partial charge in [0.2, 0.25) is 5.16 Å². The van der Waals surface area contributed by atoms with Crippen LogP contribution in [0.15, 0.2) is 59.9 Å². The first-order valence-electron chi connectivity index (χ1n) is 10.2. The average molecular weight is 431 g/mol. The Morgan fingerprint density at radius 1 is 1.13 bits per heavy atom. The van der Waals surface area contributed by atoms with Crippen LogP contribution in [0.2, 0.25) is 0 Å². The van der Waals surface area contributed by atoms with Crippen molar-refractivity contribution >= 4 is 23.3 Å². The number of fused-ring (bicyclic) bond motifs is 2. The average Bonchev–Trinajstić information content (AvgIpc) is 3.18. The summed E-state index contributed by atoms with van der Waals surface area (Å²) in [6.45, 7) is 2.08. The minimum atomic E-state index is 0.0455. The lowest BCUT2D eigenvalue weighted by Crippen LogP contribution is -2.21. The van der Waals surface area contributed by atoms with E-state index in [1.807, 2.05) is 24.3 Å². The lowest BCUT2D eigenvalue weighted by atomic mass is 9.82. The van der Waals surface area contributed by atoms with Gasteiger partial charge >= 0.3 is 0 Å². The largest absolute Gasteiger partial charge is 0.496 e. The predicted octanol–water partition coefficient (Wildman–Crippen LogP) is 4.65. The van der Waals surface area contributed by atoms with Crippen molar-refractivity contribution in [2.75, 3.05) is 7.11 Å². The molecule has 0 unspecified atom stereocenters. The fraction of sp³-hybridized carbons (Fsp3) is 0.250. The van der Waals surface area contributed by atoms with Gasteiger partial charge < -0.3 is 4.74 Å². The van der Waals surface area contributed by atoms with Gasteiger partial charge in [0.1, 0.15) is 5.75 Å². The molecule has 2 aromatic heterocycles. The van der Waals surface area contributed by atoms with Crippen molar-refractivity contribution in [3.8, 4) is 5.75 Å². The van der Waals surface area contributed by atoms with Crippen LogP contribution in [-0.2, 0) is 12.2 Å². The lowest BCUT2D eigenvalue weighted by Gasteiger charge is -2.24. The second-order valence-electron chi connectivity index (χ2n) is 7.79. The summed E-state index contributed by atoms with van der Waals surface area (Å²) in [4.78, 5) is 22.2. The molecule has 0 radical (unpaired) electrons. The van der Waals surface area contributed by atoms with Gasteiger partial charge in [-0.2, -0.15) is 4.98 Å². The second kappa shape index (κ2) is 8.15. The smallest absolute Gasteiger partial charge is 0.253 e. The van der Waals surface area contributed by atoms with Crippen molar-refractivity contribution in [1.82, 2.24) is 19.6 Å². The molecule has 2 aromatic carbocycles. The molecule has 0 amide bonds. The van der Waals surface area contributed by atoms with Crippen LogP contribution in [0, 0.1) is 6.92 Å². The third-order valence-electron chi connectivity index (χ3n) is 5.59. The van der Waals surface area contributed by atoms with Crippen LogP contribution in [0.4, 0.5) is 0 Å². The minimum absolute atomic E-state index is 0.0455. The van der Waals surface area contributed by atoms with Gasteiger partial charge in [-0.3, -0.25) is 4.79 Å². The molecule has 0 fully saturated rings. The number of benzene rings is 2. The maximum absolute atomic E-state index is 12.9.